The van der Waals surface area contributed by atoms with E-state index >= 15 is 0 Å². The molecule has 0 amide bonds. The zero-order chi connectivity index (χ0) is 12.2. The minimum Gasteiger partial charge on any atom is -0.494 e. The standard InChI is InChI=1S/C10H11F3O3/c1-2-15-8-3-4-9(7(5-8)6-14)16-10(11,12)13/h3-5,14H,2,6H2,1H3. The second kappa shape index (κ2) is 5.07. The molecular weight excluding hydrogens is 225 g/mol. The Kier molecular flexibility index (Phi) is 4.00. The molecule has 0 aliphatic rings. The van der Waals surface area contributed by atoms with Gasteiger partial charge in [0.1, 0.15) is 11.5 Å². The smallest absolute Gasteiger partial charge is 0.494 e. The highest BCUT2D eigenvalue weighted by Crippen LogP contribution is 2.29. The fraction of sp³-hybridized carbons (Fsp3) is 0.400. The maximum absolute atomic E-state index is 12.0. The average Bonchev–Trinajstić information content (AvgIpc) is 2.18. The molecule has 0 unspecified atom stereocenters. The summed E-state index contributed by atoms with van der Waals surface area (Å²) in [5.74, 6) is -0.0282. The third kappa shape index (κ3) is 3.62. The normalized spacial score (nSPS) is 11.3. The van der Waals surface area contributed by atoms with Crippen molar-refractivity contribution >= 4 is 0 Å². The monoisotopic (exact) mass is 236 g/mol. The van der Waals surface area contributed by atoms with Crippen molar-refractivity contribution in [3.8, 4) is 11.5 Å². The van der Waals surface area contributed by atoms with Crippen LogP contribution in [0.4, 0.5) is 13.2 Å². The molecule has 0 spiro atoms. The molecule has 1 N–H and O–H groups in total. The summed E-state index contributed by atoms with van der Waals surface area (Å²) in [6.45, 7) is 1.59. The summed E-state index contributed by atoms with van der Waals surface area (Å²) in [5.41, 5.74) is 0.0308. The Morgan fingerprint density at radius 3 is 2.50 bits per heavy atom. The number of aliphatic hydroxyl groups excluding tert-OH is 1. The summed E-state index contributed by atoms with van der Waals surface area (Å²) < 4.78 is 44.7. The minimum absolute atomic E-state index is 0.0308. The molecule has 0 fully saturated rings. The van der Waals surface area contributed by atoms with Gasteiger partial charge >= 0.3 is 6.36 Å². The van der Waals surface area contributed by atoms with Crippen molar-refractivity contribution in [1.82, 2.24) is 0 Å². The van der Waals surface area contributed by atoms with E-state index in [-0.39, 0.29) is 5.56 Å². The molecule has 1 aromatic rings. The number of benzene rings is 1. The molecule has 0 atom stereocenters. The Balaban J connectivity index is 2.93. The zero-order valence-electron chi connectivity index (χ0n) is 8.54. The van der Waals surface area contributed by atoms with Gasteiger partial charge in [-0.05, 0) is 25.1 Å². The predicted octanol–water partition coefficient (Wildman–Crippen LogP) is 2.48. The molecule has 0 heterocycles. The minimum atomic E-state index is -4.77. The summed E-state index contributed by atoms with van der Waals surface area (Å²) in [6, 6.07) is 3.78. The van der Waals surface area contributed by atoms with E-state index in [9.17, 15) is 13.2 Å². The van der Waals surface area contributed by atoms with Crippen LogP contribution in [0, 0.1) is 0 Å². The Bertz CT molecular complexity index is 350. The average molecular weight is 236 g/mol. The van der Waals surface area contributed by atoms with Gasteiger partial charge in [0.05, 0.1) is 13.2 Å². The SMILES string of the molecule is CCOc1ccc(OC(F)(F)F)c(CO)c1. The first kappa shape index (κ1) is 12.6. The van der Waals surface area contributed by atoms with Crippen LogP contribution in [0.15, 0.2) is 18.2 Å². The van der Waals surface area contributed by atoms with Gasteiger partial charge in [-0.15, -0.1) is 13.2 Å². The highest BCUT2D eigenvalue weighted by molar-refractivity contribution is 5.40. The largest absolute Gasteiger partial charge is 0.573 e. The van der Waals surface area contributed by atoms with E-state index in [0.29, 0.717) is 12.4 Å². The van der Waals surface area contributed by atoms with Crippen LogP contribution in [0.1, 0.15) is 12.5 Å². The molecule has 0 aromatic heterocycles. The number of hydrogen-bond acceptors (Lipinski definition) is 3. The van der Waals surface area contributed by atoms with Crippen molar-refractivity contribution in [2.45, 2.75) is 19.9 Å². The van der Waals surface area contributed by atoms with Crippen LogP contribution < -0.4 is 9.47 Å². The molecule has 0 saturated carbocycles. The van der Waals surface area contributed by atoms with Crippen molar-refractivity contribution in [2.24, 2.45) is 0 Å². The molecule has 0 saturated heterocycles. The van der Waals surface area contributed by atoms with Gasteiger partial charge in [-0.1, -0.05) is 0 Å². The molecule has 90 valence electrons. The third-order valence-corrected chi connectivity index (χ3v) is 1.74. The van der Waals surface area contributed by atoms with E-state index in [2.05, 4.69) is 4.74 Å². The maximum Gasteiger partial charge on any atom is 0.573 e. The van der Waals surface area contributed by atoms with Crippen molar-refractivity contribution < 1.29 is 27.8 Å². The van der Waals surface area contributed by atoms with E-state index in [0.717, 1.165) is 6.07 Å². The molecule has 16 heavy (non-hydrogen) atoms. The highest BCUT2D eigenvalue weighted by atomic mass is 19.4. The van der Waals surface area contributed by atoms with Gasteiger partial charge in [0.25, 0.3) is 0 Å². The van der Waals surface area contributed by atoms with Crippen LogP contribution >= 0.6 is 0 Å². The molecule has 6 heteroatoms. The van der Waals surface area contributed by atoms with Gasteiger partial charge in [-0.25, -0.2) is 0 Å². The Morgan fingerprint density at radius 1 is 1.31 bits per heavy atom. The zero-order valence-corrected chi connectivity index (χ0v) is 8.54. The number of alkyl halides is 3. The second-order valence-electron chi connectivity index (χ2n) is 2.91. The van der Waals surface area contributed by atoms with Crippen LogP contribution in [0.5, 0.6) is 11.5 Å². The first-order valence-corrected chi connectivity index (χ1v) is 4.58. The lowest BCUT2D eigenvalue weighted by Crippen LogP contribution is -2.18. The molecule has 0 aliphatic heterocycles. The van der Waals surface area contributed by atoms with Gasteiger partial charge in [-0.2, -0.15) is 0 Å². The number of aliphatic hydroxyl groups is 1. The van der Waals surface area contributed by atoms with Crippen LogP contribution in [0.2, 0.25) is 0 Å². The molecule has 0 radical (unpaired) electrons. The number of rotatable bonds is 4. The van der Waals surface area contributed by atoms with Gasteiger partial charge < -0.3 is 14.6 Å². The summed E-state index contributed by atoms with van der Waals surface area (Å²) in [5, 5.41) is 8.91. The summed E-state index contributed by atoms with van der Waals surface area (Å²) in [7, 11) is 0. The van der Waals surface area contributed by atoms with Gasteiger partial charge in [-0.3, -0.25) is 0 Å². The van der Waals surface area contributed by atoms with Crippen molar-refractivity contribution in [3.63, 3.8) is 0 Å². The first-order valence-electron chi connectivity index (χ1n) is 4.58. The van der Waals surface area contributed by atoms with Crippen LogP contribution in [-0.2, 0) is 6.61 Å². The van der Waals surface area contributed by atoms with Crippen molar-refractivity contribution in [1.29, 1.82) is 0 Å². The summed E-state index contributed by atoms with van der Waals surface area (Å²) >= 11 is 0. The quantitative estimate of drug-likeness (QED) is 0.872. The van der Waals surface area contributed by atoms with E-state index in [1.54, 1.807) is 6.92 Å². The van der Waals surface area contributed by atoms with Crippen molar-refractivity contribution in [3.05, 3.63) is 23.8 Å². The van der Waals surface area contributed by atoms with Gasteiger partial charge in [0.2, 0.25) is 0 Å². The first-order chi connectivity index (χ1) is 7.46. The summed E-state index contributed by atoms with van der Waals surface area (Å²) in [6.07, 6.45) is -4.77. The lowest BCUT2D eigenvalue weighted by atomic mass is 10.2. The number of ether oxygens (including phenoxy) is 2. The van der Waals surface area contributed by atoms with E-state index < -0.39 is 18.7 Å². The summed E-state index contributed by atoms with van der Waals surface area (Å²) in [4.78, 5) is 0. The van der Waals surface area contributed by atoms with E-state index in [1.165, 1.54) is 12.1 Å². The van der Waals surface area contributed by atoms with E-state index in [4.69, 9.17) is 9.84 Å². The predicted molar refractivity (Wildman–Crippen MR) is 50.2 cm³/mol. The van der Waals surface area contributed by atoms with Crippen LogP contribution in [0.3, 0.4) is 0 Å². The lowest BCUT2D eigenvalue weighted by Gasteiger charge is -2.13. The molecule has 0 aliphatic carbocycles. The molecule has 0 bridgehead atoms. The highest BCUT2D eigenvalue weighted by Gasteiger charge is 2.32. The van der Waals surface area contributed by atoms with Crippen LogP contribution in [-0.4, -0.2) is 18.1 Å². The third-order valence-electron chi connectivity index (χ3n) is 1.74. The second-order valence-corrected chi connectivity index (χ2v) is 2.91. The molecule has 1 aromatic carbocycles. The van der Waals surface area contributed by atoms with Gasteiger partial charge in [0.15, 0.2) is 0 Å². The van der Waals surface area contributed by atoms with Crippen molar-refractivity contribution in [2.75, 3.05) is 6.61 Å². The topological polar surface area (TPSA) is 38.7 Å². The van der Waals surface area contributed by atoms with Gasteiger partial charge in [0, 0.05) is 5.56 Å². The Hall–Kier alpha value is -1.43. The Morgan fingerprint density at radius 2 is 2.00 bits per heavy atom. The van der Waals surface area contributed by atoms with Crippen LogP contribution in [0.25, 0.3) is 0 Å². The number of halogens is 3. The maximum atomic E-state index is 12.0. The molecule has 1 rings (SSSR count). The Labute approximate surface area is 90.4 Å². The fourth-order valence-corrected chi connectivity index (χ4v) is 1.16. The fourth-order valence-electron chi connectivity index (χ4n) is 1.16. The van der Waals surface area contributed by atoms with E-state index in [1.807, 2.05) is 0 Å². The molecule has 3 nitrogen and oxygen atoms in total. The number of hydrogen-bond donors (Lipinski definition) is 1. The molecular formula is C10H11F3O3. The lowest BCUT2D eigenvalue weighted by molar-refractivity contribution is -0.275.